The van der Waals surface area contributed by atoms with Crippen molar-refractivity contribution in [2.45, 2.75) is 0 Å². The number of aromatic amines is 1. The molecule has 0 unspecified atom stereocenters. The van der Waals surface area contributed by atoms with Gasteiger partial charge in [-0.05, 0) is 11.6 Å². The zero-order valence-electron chi connectivity index (χ0n) is 8.46. The molecule has 4 heteroatoms. The molecule has 1 aromatic carbocycles. The molecule has 80 valence electrons. The molecule has 0 saturated carbocycles. The summed E-state index contributed by atoms with van der Waals surface area (Å²) in [5.74, 6) is -0.101. The number of aromatic nitrogens is 2. The smallest absolute Gasteiger partial charge is 0.337 e. The molecule has 0 spiro atoms. The third-order valence-electron chi connectivity index (χ3n) is 1.90. The van der Waals surface area contributed by atoms with Crippen LogP contribution in [0.15, 0.2) is 48.7 Å². The van der Waals surface area contributed by atoms with E-state index in [4.69, 9.17) is 4.74 Å². The van der Waals surface area contributed by atoms with Crippen molar-refractivity contribution in [3.8, 4) is 5.88 Å². The summed E-state index contributed by atoms with van der Waals surface area (Å²) in [4.78, 5) is 11.3. The van der Waals surface area contributed by atoms with E-state index in [1.165, 1.54) is 12.3 Å². The van der Waals surface area contributed by atoms with Gasteiger partial charge in [-0.1, -0.05) is 30.3 Å². The second kappa shape index (κ2) is 4.93. The minimum atomic E-state index is -0.437. The number of hydrogen-bond donors (Lipinski definition) is 1. The van der Waals surface area contributed by atoms with E-state index in [0.29, 0.717) is 5.88 Å². The normalized spacial score (nSPS) is 10.5. The number of carbonyl (C=O) groups is 1. The summed E-state index contributed by atoms with van der Waals surface area (Å²) in [5.41, 5.74) is 0.948. The van der Waals surface area contributed by atoms with Gasteiger partial charge in [0, 0.05) is 12.1 Å². The molecule has 0 fully saturated rings. The first-order valence-electron chi connectivity index (χ1n) is 4.79. The molecular formula is C12H10N2O2. The molecule has 0 amide bonds. The summed E-state index contributed by atoms with van der Waals surface area (Å²) in [5, 5.41) is 6.21. The summed E-state index contributed by atoms with van der Waals surface area (Å²) < 4.78 is 4.93. The van der Waals surface area contributed by atoms with Gasteiger partial charge >= 0.3 is 5.97 Å². The van der Waals surface area contributed by atoms with Gasteiger partial charge in [0.15, 0.2) is 0 Å². The van der Waals surface area contributed by atoms with Gasteiger partial charge in [0.05, 0.1) is 6.20 Å². The first-order chi connectivity index (χ1) is 7.84. The maximum absolute atomic E-state index is 11.3. The van der Waals surface area contributed by atoms with Crippen LogP contribution in [-0.4, -0.2) is 16.2 Å². The van der Waals surface area contributed by atoms with E-state index >= 15 is 0 Å². The predicted octanol–water partition coefficient (Wildman–Crippen LogP) is 2.03. The fraction of sp³-hybridized carbons (Fsp3) is 0. The number of nitrogens with one attached hydrogen (secondary N) is 1. The van der Waals surface area contributed by atoms with Gasteiger partial charge in [-0.3, -0.25) is 0 Å². The second-order valence-corrected chi connectivity index (χ2v) is 3.09. The van der Waals surface area contributed by atoms with Crippen molar-refractivity contribution in [3.05, 3.63) is 54.2 Å². The number of rotatable bonds is 3. The third kappa shape index (κ3) is 2.81. The van der Waals surface area contributed by atoms with Crippen LogP contribution in [0.4, 0.5) is 0 Å². The van der Waals surface area contributed by atoms with E-state index in [9.17, 15) is 4.79 Å². The molecule has 1 N–H and O–H groups in total. The Labute approximate surface area is 92.6 Å². The Kier molecular flexibility index (Phi) is 3.13. The molecule has 0 radical (unpaired) electrons. The lowest BCUT2D eigenvalue weighted by Crippen LogP contribution is -2.03. The van der Waals surface area contributed by atoms with Crippen LogP contribution in [0.25, 0.3) is 6.08 Å². The van der Waals surface area contributed by atoms with E-state index in [-0.39, 0.29) is 0 Å². The van der Waals surface area contributed by atoms with Crippen molar-refractivity contribution in [1.82, 2.24) is 10.2 Å². The van der Waals surface area contributed by atoms with E-state index < -0.39 is 5.97 Å². The molecular weight excluding hydrogens is 204 g/mol. The molecule has 0 bridgehead atoms. The predicted molar refractivity (Wildman–Crippen MR) is 59.7 cm³/mol. The van der Waals surface area contributed by atoms with Gasteiger partial charge in [-0.2, -0.15) is 5.10 Å². The summed E-state index contributed by atoms with van der Waals surface area (Å²) in [6.07, 6.45) is 4.58. The molecule has 0 saturated heterocycles. The Balaban J connectivity index is 1.95. The summed E-state index contributed by atoms with van der Waals surface area (Å²) in [7, 11) is 0. The number of nitrogens with zero attached hydrogens (tertiary/aromatic N) is 1. The van der Waals surface area contributed by atoms with E-state index in [2.05, 4.69) is 10.2 Å². The first kappa shape index (κ1) is 10.2. The third-order valence-corrected chi connectivity index (χ3v) is 1.90. The Morgan fingerprint density at radius 1 is 1.25 bits per heavy atom. The fourth-order valence-corrected chi connectivity index (χ4v) is 1.17. The van der Waals surface area contributed by atoms with Gasteiger partial charge in [0.2, 0.25) is 5.88 Å². The number of esters is 1. The van der Waals surface area contributed by atoms with Gasteiger partial charge in [0.25, 0.3) is 0 Å². The minimum absolute atomic E-state index is 0.336. The molecule has 4 nitrogen and oxygen atoms in total. The topological polar surface area (TPSA) is 55.0 Å². The number of H-pyrrole nitrogens is 1. The minimum Gasteiger partial charge on any atom is -0.405 e. The van der Waals surface area contributed by atoms with Crippen LogP contribution in [0.5, 0.6) is 5.88 Å². The zero-order valence-corrected chi connectivity index (χ0v) is 8.46. The Hall–Kier alpha value is -2.36. The highest BCUT2D eigenvalue weighted by Gasteiger charge is 2.00. The van der Waals surface area contributed by atoms with Crippen LogP contribution >= 0.6 is 0 Å². The highest BCUT2D eigenvalue weighted by molar-refractivity contribution is 5.88. The van der Waals surface area contributed by atoms with Crippen LogP contribution in [-0.2, 0) is 4.79 Å². The van der Waals surface area contributed by atoms with Crippen LogP contribution < -0.4 is 4.74 Å². The Morgan fingerprint density at radius 2 is 2.06 bits per heavy atom. The molecule has 1 heterocycles. The lowest BCUT2D eigenvalue weighted by Gasteiger charge is -1.95. The van der Waals surface area contributed by atoms with Crippen LogP contribution in [0.3, 0.4) is 0 Å². The van der Waals surface area contributed by atoms with E-state index in [1.807, 2.05) is 30.3 Å². The van der Waals surface area contributed by atoms with Crippen molar-refractivity contribution < 1.29 is 9.53 Å². The van der Waals surface area contributed by atoms with Crippen LogP contribution in [0.1, 0.15) is 5.56 Å². The highest BCUT2D eigenvalue weighted by atomic mass is 16.5. The number of benzene rings is 1. The van der Waals surface area contributed by atoms with Gasteiger partial charge in [-0.15, -0.1) is 0 Å². The zero-order chi connectivity index (χ0) is 11.2. The van der Waals surface area contributed by atoms with E-state index in [1.54, 1.807) is 12.1 Å². The largest absolute Gasteiger partial charge is 0.405 e. The van der Waals surface area contributed by atoms with Crippen LogP contribution in [0.2, 0.25) is 0 Å². The summed E-state index contributed by atoms with van der Waals surface area (Å²) >= 11 is 0. The highest BCUT2D eigenvalue weighted by Crippen LogP contribution is 2.04. The summed E-state index contributed by atoms with van der Waals surface area (Å²) in [6.45, 7) is 0. The average Bonchev–Trinajstić information content (AvgIpc) is 2.81. The van der Waals surface area contributed by atoms with Gasteiger partial charge in [0.1, 0.15) is 0 Å². The fourth-order valence-electron chi connectivity index (χ4n) is 1.17. The molecule has 16 heavy (non-hydrogen) atoms. The Bertz CT molecular complexity index is 475. The second-order valence-electron chi connectivity index (χ2n) is 3.09. The maximum Gasteiger partial charge on any atom is 0.337 e. The van der Waals surface area contributed by atoms with Gasteiger partial charge < -0.3 is 4.74 Å². The molecule has 1 aromatic heterocycles. The molecule has 0 aliphatic rings. The van der Waals surface area contributed by atoms with Crippen molar-refractivity contribution in [2.75, 3.05) is 0 Å². The molecule has 2 aromatic rings. The van der Waals surface area contributed by atoms with Crippen molar-refractivity contribution in [2.24, 2.45) is 0 Å². The van der Waals surface area contributed by atoms with Crippen molar-refractivity contribution >= 4 is 12.0 Å². The number of ether oxygens (including phenoxy) is 1. The molecule has 0 aliphatic carbocycles. The Morgan fingerprint density at radius 3 is 2.75 bits per heavy atom. The number of hydrogen-bond acceptors (Lipinski definition) is 3. The molecule has 0 aliphatic heterocycles. The quantitative estimate of drug-likeness (QED) is 0.628. The SMILES string of the molecule is O=C(C=Cc1ccccc1)Oc1ccn[nH]1. The van der Waals surface area contributed by atoms with Gasteiger partial charge in [-0.25, -0.2) is 9.89 Å². The monoisotopic (exact) mass is 214 g/mol. The average molecular weight is 214 g/mol. The standard InChI is InChI=1S/C12H10N2O2/c15-12(16-11-8-9-13-14-11)7-6-10-4-2-1-3-5-10/h1-9H,(H,13,14). The van der Waals surface area contributed by atoms with Crippen molar-refractivity contribution in [3.63, 3.8) is 0 Å². The van der Waals surface area contributed by atoms with Crippen molar-refractivity contribution in [1.29, 1.82) is 0 Å². The van der Waals surface area contributed by atoms with Crippen LogP contribution in [0, 0.1) is 0 Å². The first-order valence-corrected chi connectivity index (χ1v) is 4.79. The summed E-state index contributed by atoms with van der Waals surface area (Å²) in [6, 6.07) is 11.1. The lowest BCUT2D eigenvalue weighted by molar-refractivity contribution is -0.129. The molecule has 2 rings (SSSR count). The maximum atomic E-state index is 11.3. The number of carbonyl (C=O) groups excluding carboxylic acids is 1. The van der Waals surface area contributed by atoms with E-state index in [0.717, 1.165) is 5.56 Å². The molecule has 0 atom stereocenters. The lowest BCUT2D eigenvalue weighted by atomic mass is 10.2.